The van der Waals surface area contributed by atoms with Crippen molar-refractivity contribution in [2.24, 2.45) is 0 Å². The fraction of sp³-hybridized carbons (Fsp3) is 0.958. The van der Waals surface area contributed by atoms with Crippen LogP contribution in [0.15, 0.2) is 0 Å². The van der Waals surface area contributed by atoms with E-state index in [4.69, 9.17) is 18.9 Å². The highest BCUT2D eigenvalue weighted by Crippen LogP contribution is 2.17. The number of nitrogens with zero attached hydrogens (tertiary/aromatic N) is 2. The largest absolute Gasteiger partial charge is 0.447 e. The Balaban J connectivity index is 2.21. The summed E-state index contributed by atoms with van der Waals surface area (Å²) in [7, 11) is 0. The van der Waals surface area contributed by atoms with Crippen molar-refractivity contribution >= 4 is 62.0 Å². The van der Waals surface area contributed by atoms with E-state index in [1.54, 1.807) is 0 Å². The van der Waals surface area contributed by atoms with Crippen LogP contribution in [0.4, 0.5) is 9.59 Å². The molecule has 1 fully saturated rings. The quantitative estimate of drug-likeness (QED) is 0.0208. The molecule has 2 amide bonds. The van der Waals surface area contributed by atoms with Crippen molar-refractivity contribution in [2.75, 3.05) is 70.0 Å². The summed E-state index contributed by atoms with van der Waals surface area (Å²) in [5.74, 6) is 2.82. The lowest BCUT2D eigenvalue weighted by atomic mass is 10.0. The van der Waals surface area contributed by atoms with Gasteiger partial charge in [0.25, 0.3) is 0 Å². The van der Waals surface area contributed by atoms with E-state index in [2.05, 4.69) is 47.5 Å². The molecule has 0 aromatic carbocycles. The number of rotatable bonds is 45. The van der Waals surface area contributed by atoms with Gasteiger partial charge in [0.2, 0.25) is 5.62 Å². The van der Waals surface area contributed by atoms with Crippen molar-refractivity contribution in [1.29, 1.82) is 0 Å². The fourth-order valence-electron chi connectivity index (χ4n) is 7.90. The molecular weight excluding hydrogens is 843 g/mol. The summed E-state index contributed by atoms with van der Waals surface area (Å²) >= 11 is 14.3. The lowest BCUT2D eigenvalue weighted by Crippen LogP contribution is -2.34. The van der Waals surface area contributed by atoms with E-state index >= 15 is 0 Å². The molecular formula is C48H95N3O6S4. The minimum Gasteiger partial charge on any atom is -0.447 e. The van der Waals surface area contributed by atoms with E-state index < -0.39 is 11.7 Å². The molecule has 0 aliphatic carbocycles. The third-order valence-electron chi connectivity index (χ3n) is 11.7. The van der Waals surface area contributed by atoms with Gasteiger partial charge in [-0.25, -0.2) is 9.59 Å². The van der Waals surface area contributed by atoms with Crippen molar-refractivity contribution in [3.63, 3.8) is 0 Å². The maximum absolute atomic E-state index is 13.2. The number of nitrogens with one attached hydrogen (secondary N) is 1. The predicted molar refractivity (Wildman–Crippen MR) is 271 cm³/mol. The molecule has 362 valence electrons. The number of unbranched alkanes of at least 4 members (excludes halogenated alkanes) is 28. The third kappa shape index (κ3) is 42.2. The lowest BCUT2D eigenvalue weighted by Gasteiger charge is -2.22. The van der Waals surface area contributed by atoms with Gasteiger partial charge in [-0.15, -0.1) is 12.6 Å². The highest BCUT2D eigenvalue weighted by molar-refractivity contribution is 7.97. The zero-order valence-electron chi connectivity index (χ0n) is 39.0. The molecule has 61 heavy (non-hydrogen) atoms. The number of hydrogen-bond donors (Lipinski definition) is 4. The van der Waals surface area contributed by atoms with Crippen LogP contribution >= 0.6 is 49.8 Å². The average Bonchev–Trinajstić information content (AvgIpc) is 3.54. The average molecular weight is 939 g/mol. The van der Waals surface area contributed by atoms with Crippen LogP contribution in [0.25, 0.3) is 0 Å². The molecule has 0 bridgehead atoms. The summed E-state index contributed by atoms with van der Waals surface area (Å²) in [6.45, 7) is 4.20. The first-order chi connectivity index (χ1) is 30.1. The molecule has 0 aromatic rings. The zero-order valence-corrected chi connectivity index (χ0v) is 42.5. The number of thiol groups is 3. The minimum absolute atomic E-state index is 0.0933. The van der Waals surface area contributed by atoms with Crippen LogP contribution in [0.2, 0.25) is 0 Å². The Morgan fingerprint density at radius 2 is 0.836 bits per heavy atom. The molecule has 1 heterocycles. The molecule has 1 unspecified atom stereocenters. The second-order valence-electron chi connectivity index (χ2n) is 17.2. The summed E-state index contributed by atoms with van der Waals surface area (Å²) < 4.78 is 24.7. The first-order valence-electron chi connectivity index (χ1n) is 25.4. The fourth-order valence-corrected chi connectivity index (χ4v) is 9.24. The van der Waals surface area contributed by atoms with E-state index in [0.29, 0.717) is 0 Å². The molecule has 0 saturated carbocycles. The highest BCUT2D eigenvalue weighted by atomic mass is 32.2. The molecule has 1 saturated heterocycles. The number of ether oxygens (including phenoxy) is 4. The molecule has 0 aromatic heterocycles. The summed E-state index contributed by atoms with van der Waals surface area (Å²) in [5.41, 5.74) is -0.801. The van der Waals surface area contributed by atoms with Crippen LogP contribution in [-0.2, 0) is 18.9 Å². The normalized spacial score (nSPS) is 13.9. The Labute approximate surface area is 396 Å². The van der Waals surface area contributed by atoms with Gasteiger partial charge in [-0.2, -0.15) is 25.3 Å². The Hall–Kier alpha value is -0.180. The highest BCUT2D eigenvalue weighted by Gasteiger charge is 2.15. The van der Waals surface area contributed by atoms with Crippen molar-refractivity contribution < 1.29 is 28.5 Å². The van der Waals surface area contributed by atoms with E-state index in [-0.39, 0.29) is 32.5 Å². The van der Waals surface area contributed by atoms with Crippen LogP contribution in [0.1, 0.15) is 218 Å². The standard InChI is InChI=1S/C48H95N3O6S4/c52-46(49-61-45-50-35-29-25-26-30-36-50)54-39-41-56-48(60)57-42-40-55-47(53)51(37-31-23-19-15-11-7-3-1-5-9-13-17-21-27-33-43-58)38-32-24-20-16-12-8-4-2-6-10-14-18-22-28-34-44-59/h48,58-60H,1-45H2,(H,49,52). The maximum Gasteiger partial charge on any atom is 0.417 e. The number of hydrogen-bond acceptors (Lipinski definition) is 11. The van der Waals surface area contributed by atoms with Gasteiger partial charge in [0.05, 0.1) is 19.1 Å². The number of carbonyl (C=O) groups is 2. The molecule has 1 aliphatic heterocycles. The molecule has 13 heteroatoms. The zero-order chi connectivity index (χ0) is 43.9. The van der Waals surface area contributed by atoms with Gasteiger partial charge in [-0.1, -0.05) is 180 Å². The first-order valence-corrected chi connectivity index (χ1v) is 28.1. The molecule has 1 aliphatic rings. The Kier molecular flexibility index (Phi) is 46.1. The molecule has 1 rings (SSSR count). The van der Waals surface area contributed by atoms with Gasteiger partial charge >= 0.3 is 12.2 Å². The maximum atomic E-state index is 13.2. The molecule has 0 radical (unpaired) electrons. The van der Waals surface area contributed by atoms with Gasteiger partial charge in [-0.3, -0.25) is 9.62 Å². The lowest BCUT2D eigenvalue weighted by molar-refractivity contribution is -0.0963. The van der Waals surface area contributed by atoms with E-state index in [9.17, 15) is 9.59 Å². The van der Waals surface area contributed by atoms with Crippen LogP contribution in [-0.4, -0.2) is 97.6 Å². The van der Waals surface area contributed by atoms with Gasteiger partial charge in [0.1, 0.15) is 13.2 Å². The SMILES string of the molecule is O=C(NSCN1CCCCCC1)OCCOC(S)OCCOC(=O)N(CCCCCCCCCCCCCCCCCS)CCCCCCCCCCCCCCCCCS. The van der Waals surface area contributed by atoms with Crippen LogP contribution in [0.5, 0.6) is 0 Å². The topological polar surface area (TPSA) is 89.6 Å². The van der Waals surface area contributed by atoms with Crippen LogP contribution in [0.3, 0.4) is 0 Å². The van der Waals surface area contributed by atoms with Gasteiger partial charge < -0.3 is 23.8 Å². The van der Waals surface area contributed by atoms with Gasteiger partial charge in [-0.05, 0) is 75.1 Å². The molecule has 1 atom stereocenters. The van der Waals surface area contributed by atoms with Crippen LogP contribution in [0, 0.1) is 0 Å². The monoisotopic (exact) mass is 938 g/mol. The van der Waals surface area contributed by atoms with Gasteiger partial charge in [0, 0.05) is 13.1 Å². The Bertz CT molecular complexity index is 902. The van der Waals surface area contributed by atoms with E-state index in [1.165, 1.54) is 205 Å². The Morgan fingerprint density at radius 3 is 1.21 bits per heavy atom. The summed E-state index contributed by atoms with van der Waals surface area (Å²) in [5, 5.41) is 0. The van der Waals surface area contributed by atoms with Crippen molar-refractivity contribution in [3.05, 3.63) is 0 Å². The summed E-state index contributed by atoms with van der Waals surface area (Å²) in [6, 6.07) is 0. The second kappa shape index (κ2) is 47.8. The van der Waals surface area contributed by atoms with Crippen molar-refractivity contribution in [3.8, 4) is 0 Å². The van der Waals surface area contributed by atoms with Crippen molar-refractivity contribution in [2.45, 2.75) is 224 Å². The van der Waals surface area contributed by atoms with Crippen molar-refractivity contribution in [1.82, 2.24) is 14.5 Å². The second-order valence-corrected chi connectivity index (χ2v) is 19.3. The summed E-state index contributed by atoms with van der Waals surface area (Å²) in [4.78, 5) is 29.4. The predicted octanol–water partition coefficient (Wildman–Crippen LogP) is 14.4. The van der Waals surface area contributed by atoms with Crippen LogP contribution < -0.4 is 4.72 Å². The van der Waals surface area contributed by atoms with E-state index in [0.717, 1.165) is 69.2 Å². The Morgan fingerprint density at radius 1 is 0.492 bits per heavy atom. The van der Waals surface area contributed by atoms with Gasteiger partial charge in [0.15, 0.2) is 0 Å². The smallest absolute Gasteiger partial charge is 0.417 e. The number of carbonyl (C=O) groups excluding carboxylic acids is 2. The molecule has 1 N–H and O–H groups in total. The molecule has 9 nitrogen and oxygen atoms in total. The number of likely N-dealkylation sites (tertiary alicyclic amines) is 1. The summed E-state index contributed by atoms with van der Waals surface area (Å²) in [6.07, 6.45) is 43.6. The number of amides is 2. The first kappa shape index (κ1) is 58.8. The third-order valence-corrected chi connectivity index (χ3v) is 13.4. The minimum atomic E-state index is -0.801. The van der Waals surface area contributed by atoms with E-state index in [1.807, 2.05) is 4.90 Å². The molecule has 0 spiro atoms.